The number of alkyl halides is 1. The third-order valence-corrected chi connectivity index (χ3v) is 5.15. The Bertz CT molecular complexity index is 613. The van der Waals surface area contributed by atoms with Gasteiger partial charge >= 0.3 is 0 Å². The standard InChI is InChI=1S/C16H16ClIO2/c1-10-5-4-6-12(16(10)18)15(17)13-9-11(19-2)7-8-14(13)20-3/h4-9,15H,1-3H3. The van der Waals surface area contributed by atoms with Crippen molar-refractivity contribution in [3.63, 3.8) is 0 Å². The number of halogens is 2. The first kappa shape index (κ1) is 15.4. The zero-order chi connectivity index (χ0) is 14.7. The van der Waals surface area contributed by atoms with Gasteiger partial charge in [0.2, 0.25) is 0 Å². The first-order chi connectivity index (χ1) is 9.58. The largest absolute Gasteiger partial charge is 0.497 e. The van der Waals surface area contributed by atoms with Crippen LogP contribution in [0.3, 0.4) is 0 Å². The summed E-state index contributed by atoms with van der Waals surface area (Å²) >= 11 is 9.01. The van der Waals surface area contributed by atoms with Gasteiger partial charge in [-0.15, -0.1) is 11.6 Å². The molecule has 20 heavy (non-hydrogen) atoms. The molecule has 0 fully saturated rings. The number of aryl methyl sites for hydroxylation is 1. The van der Waals surface area contributed by atoms with E-state index in [-0.39, 0.29) is 5.38 Å². The van der Waals surface area contributed by atoms with Gasteiger partial charge in [-0.25, -0.2) is 0 Å². The fourth-order valence-corrected chi connectivity index (χ4v) is 3.28. The molecule has 2 aromatic rings. The number of methoxy groups -OCH3 is 2. The molecule has 2 rings (SSSR count). The van der Waals surface area contributed by atoms with E-state index in [9.17, 15) is 0 Å². The van der Waals surface area contributed by atoms with Crippen LogP contribution in [0.2, 0.25) is 0 Å². The Balaban J connectivity index is 2.51. The fourth-order valence-electron chi connectivity index (χ4n) is 2.07. The maximum Gasteiger partial charge on any atom is 0.124 e. The van der Waals surface area contributed by atoms with Crippen LogP contribution in [0.15, 0.2) is 36.4 Å². The van der Waals surface area contributed by atoms with E-state index in [0.717, 1.165) is 22.6 Å². The molecular formula is C16H16ClIO2. The van der Waals surface area contributed by atoms with Gasteiger partial charge in [0.25, 0.3) is 0 Å². The summed E-state index contributed by atoms with van der Waals surface area (Å²) in [6.45, 7) is 2.08. The molecule has 0 N–H and O–H groups in total. The third kappa shape index (κ3) is 3.04. The lowest BCUT2D eigenvalue weighted by molar-refractivity contribution is 0.399. The molecule has 1 atom stereocenters. The van der Waals surface area contributed by atoms with E-state index < -0.39 is 0 Å². The smallest absolute Gasteiger partial charge is 0.124 e. The second-order valence-electron chi connectivity index (χ2n) is 4.45. The first-order valence-electron chi connectivity index (χ1n) is 6.19. The quantitative estimate of drug-likeness (QED) is 0.532. The van der Waals surface area contributed by atoms with Crippen LogP contribution in [0.4, 0.5) is 0 Å². The molecule has 0 aliphatic carbocycles. The molecule has 0 aliphatic heterocycles. The van der Waals surface area contributed by atoms with Crippen molar-refractivity contribution in [2.24, 2.45) is 0 Å². The molecule has 0 spiro atoms. The topological polar surface area (TPSA) is 18.5 Å². The zero-order valence-electron chi connectivity index (χ0n) is 11.6. The lowest BCUT2D eigenvalue weighted by atomic mass is 10.0. The molecule has 0 aromatic heterocycles. The van der Waals surface area contributed by atoms with Crippen molar-refractivity contribution >= 4 is 34.2 Å². The molecule has 0 saturated heterocycles. The summed E-state index contributed by atoms with van der Waals surface area (Å²) in [6, 6.07) is 11.8. The van der Waals surface area contributed by atoms with E-state index in [1.807, 2.05) is 30.3 Å². The zero-order valence-corrected chi connectivity index (χ0v) is 14.5. The van der Waals surface area contributed by atoms with Crippen molar-refractivity contribution in [3.05, 3.63) is 56.7 Å². The highest BCUT2D eigenvalue weighted by Gasteiger charge is 2.19. The van der Waals surface area contributed by atoms with E-state index in [0.29, 0.717) is 0 Å². The highest BCUT2D eigenvalue weighted by molar-refractivity contribution is 14.1. The van der Waals surface area contributed by atoms with Gasteiger partial charge in [0.1, 0.15) is 11.5 Å². The summed E-state index contributed by atoms with van der Waals surface area (Å²) in [5.41, 5.74) is 3.21. The van der Waals surface area contributed by atoms with Crippen LogP contribution in [0.1, 0.15) is 22.1 Å². The number of hydrogen-bond acceptors (Lipinski definition) is 2. The maximum absolute atomic E-state index is 6.68. The van der Waals surface area contributed by atoms with Gasteiger partial charge in [-0.05, 0) is 58.8 Å². The highest BCUT2D eigenvalue weighted by Crippen LogP contribution is 2.39. The van der Waals surface area contributed by atoms with Crippen molar-refractivity contribution in [2.75, 3.05) is 14.2 Å². The number of benzene rings is 2. The van der Waals surface area contributed by atoms with Crippen LogP contribution >= 0.6 is 34.2 Å². The normalized spacial score (nSPS) is 12.1. The van der Waals surface area contributed by atoms with Gasteiger partial charge in [-0.2, -0.15) is 0 Å². The van der Waals surface area contributed by atoms with E-state index in [2.05, 4.69) is 35.6 Å². The molecule has 2 nitrogen and oxygen atoms in total. The molecule has 0 radical (unpaired) electrons. The van der Waals surface area contributed by atoms with Crippen LogP contribution in [-0.2, 0) is 0 Å². The average molecular weight is 403 g/mol. The average Bonchev–Trinajstić information content (AvgIpc) is 2.48. The fraction of sp³-hybridized carbons (Fsp3) is 0.250. The lowest BCUT2D eigenvalue weighted by Gasteiger charge is -2.17. The van der Waals surface area contributed by atoms with Gasteiger partial charge < -0.3 is 9.47 Å². The van der Waals surface area contributed by atoms with Crippen molar-refractivity contribution in [1.29, 1.82) is 0 Å². The minimum Gasteiger partial charge on any atom is -0.497 e. The van der Waals surface area contributed by atoms with E-state index in [1.165, 1.54) is 9.13 Å². The second kappa shape index (κ2) is 6.68. The van der Waals surface area contributed by atoms with Crippen LogP contribution in [-0.4, -0.2) is 14.2 Å². The summed E-state index contributed by atoms with van der Waals surface area (Å²) < 4.78 is 11.9. The Kier molecular flexibility index (Phi) is 5.16. The van der Waals surface area contributed by atoms with Crippen molar-refractivity contribution in [3.8, 4) is 11.5 Å². The van der Waals surface area contributed by atoms with Gasteiger partial charge in [-0.3, -0.25) is 0 Å². The van der Waals surface area contributed by atoms with E-state index >= 15 is 0 Å². The van der Waals surface area contributed by atoms with Crippen molar-refractivity contribution in [1.82, 2.24) is 0 Å². The van der Waals surface area contributed by atoms with Gasteiger partial charge in [0.05, 0.1) is 19.6 Å². The maximum atomic E-state index is 6.68. The van der Waals surface area contributed by atoms with Crippen molar-refractivity contribution < 1.29 is 9.47 Å². The molecule has 1 unspecified atom stereocenters. The predicted molar refractivity (Wildman–Crippen MR) is 91.1 cm³/mol. The Labute approximate surface area is 138 Å². The minimum absolute atomic E-state index is 0.271. The molecule has 106 valence electrons. The number of rotatable bonds is 4. The van der Waals surface area contributed by atoms with Crippen LogP contribution in [0, 0.1) is 10.5 Å². The highest BCUT2D eigenvalue weighted by atomic mass is 127. The van der Waals surface area contributed by atoms with Gasteiger partial charge in [0, 0.05) is 9.13 Å². The molecule has 0 saturated carbocycles. The van der Waals surface area contributed by atoms with Gasteiger partial charge in [0.15, 0.2) is 0 Å². The van der Waals surface area contributed by atoms with Gasteiger partial charge in [-0.1, -0.05) is 18.2 Å². The Morgan fingerprint density at radius 1 is 1.05 bits per heavy atom. The molecule has 0 amide bonds. The van der Waals surface area contributed by atoms with Crippen molar-refractivity contribution in [2.45, 2.75) is 12.3 Å². The lowest BCUT2D eigenvalue weighted by Crippen LogP contribution is -2.01. The third-order valence-electron chi connectivity index (χ3n) is 3.20. The molecule has 4 heteroatoms. The number of hydrogen-bond donors (Lipinski definition) is 0. The summed E-state index contributed by atoms with van der Waals surface area (Å²) in [7, 11) is 3.29. The summed E-state index contributed by atoms with van der Waals surface area (Å²) in [4.78, 5) is 0. The summed E-state index contributed by atoms with van der Waals surface area (Å²) in [5.74, 6) is 1.54. The molecule has 2 aromatic carbocycles. The van der Waals surface area contributed by atoms with E-state index in [1.54, 1.807) is 14.2 Å². The number of ether oxygens (including phenoxy) is 2. The first-order valence-corrected chi connectivity index (χ1v) is 7.71. The minimum atomic E-state index is -0.271. The van der Waals surface area contributed by atoms with E-state index in [4.69, 9.17) is 21.1 Å². The summed E-state index contributed by atoms with van der Waals surface area (Å²) in [5, 5.41) is -0.271. The van der Waals surface area contributed by atoms with Crippen LogP contribution in [0.25, 0.3) is 0 Å². The molecule has 0 bridgehead atoms. The Morgan fingerprint density at radius 2 is 1.80 bits per heavy atom. The Hall–Kier alpha value is -0.940. The Morgan fingerprint density at radius 3 is 2.45 bits per heavy atom. The summed E-state index contributed by atoms with van der Waals surface area (Å²) in [6.07, 6.45) is 0. The molecule has 0 aliphatic rings. The SMILES string of the molecule is COc1ccc(OC)c(C(Cl)c2cccc(C)c2I)c1. The molecule has 0 heterocycles. The van der Waals surface area contributed by atoms with Crippen LogP contribution < -0.4 is 9.47 Å². The molecular weight excluding hydrogens is 387 g/mol. The predicted octanol–water partition coefficient (Wildman–Crippen LogP) is 4.95. The monoisotopic (exact) mass is 402 g/mol. The second-order valence-corrected chi connectivity index (χ2v) is 5.96. The van der Waals surface area contributed by atoms with Crippen LogP contribution in [0.5, 0.6) is 11.5 Å².